The number of piperazine rings is 1. The number of nitrogens with zero attached hydrogens (tertiary/aromatic N) is 3. The molecule has 33 heavy (non-hydrogen) atoms. The Labute approximate surface area is 202 Å². The van der Waals surface area contributed by atoms with Gasteiger partial charge in [0.25, 0.3) is 5.91 Å². The molecule has 0 radical (unpaired) electrons. The highest BCUT2D eigenvalue weighted by molar-refractivity contribution is 7.99. The Kier molecular flexibility index (Phi) is 7.41. The lowest BCUT2D eigenvalue weighted by Gasteiger charge is -2.39. The fourth-order valence-corrected chi connectivity index (χ4v) is 6.08. The first-order valence-corrected chi connectivity index (χ1v) is 13.1. The van der Waals surface area contributed by atoms with Crippen LogP contribution in [0.3, 0.4) is 0 Å². The summed E-state index contributed by atoms with van der Waals surface area (Å²) in [7, 11) is 3.72. The van der Waals surface area contributed by atoms with E-state index >= 15 is 0 Å². The second kappa shape index (κ2) is 10.1. The van der Waals surface area contributed by atoms with Gasteiger partial charge in [0, 0.05) is 51.6 Å². The van der Waals surface area contributed by atoms with Crippen LogP contribution in [0.25, 0.3) is 0 Å². The molecule has 0 N–H and O–H groups in total. The largest absolute Gasteiger partial charge is 0.491 e. The van der Waals surface area contributed by atoms with Gasteiger partial charge in [-0.15, -0.1) is 11.8 Å². The number of methoxy groups -OCH3 is 1. The van der Waals surface area contributed by atoms with Gasteiger partial charge in [-0.1, -0.05) is 12.1 Å². The van der Waals surface area contributed by atoms with Crippen LogP contribution in [0.5, 0.6) is 5.75 Å². The first-order valence-electron chi connectivity index (χ1n) is 11.8. The Balaban J connectivity index is 1.41. The summed E-state index contributed by atoms with van der Waals surface area (Å²) < 4.78 is 11.0. The van der Waals surface area contributed by atoms with Crippen LogP contribution in [-0.2, 0) is 9.53 Å². The van der Waals surface area contributed by atoms with E-state index in [-0.39, 0.29) is 5.91 Å². The molecular formula is C26H37N3O3S. The quantitative estimate of drug-likeness (QED) is 0.538. The van der Waals surface area contributed by atoms with E-state index < -0.39 is 0 Å². The van der Waals surface area contributed by atoms with Crippen molar-refractivity contribution in [3.8, 4) is 5.75 Å². The molecule has 0 aromatic heterocycles. The van der Waals surface area contributed by atoms with Crippen molar-refractivity contribution in [1.29, 1.82) is 0 Å². The average molecular weight is 472 g/mol. The minimum Gasteiger partial charge on any atom is -0.491 e. The number of thioether (sulfide) groups is 1. The summed E-state index contributed by atoms with van der Waals surface area (Å²) in [6.45, 7) is 9.51. The van der Waals surface area contributed by atoms with Gasteiger partial charge in [-0.05, 0) is 62.3 Å². The van der Waals surface area contributed by atoms with Gasteiger partial charge in [0.2, 0.25) is 0 Å². The van der Waals surface area contributed by atoms with E-state index in [0.717, 1.165) is 30.8 Å². The van der Waals surface area contributed by atoms with Crippen molar-refractivity contribution >= 4 is 17.7 Å². The third kappa shape index (κ3) is 4.68. The Bertz CT molecular complexity index is 947. The lowest BCUT2D eigenvalue weighted by atomic mass is 9.96. The molecule has 7 heteroatoms. The van der Waals surface area contributed by atoms with Crippen LogP contribution >= 0.6 is 11.8 Å². The van der Waals surface area contributed by atoms with E-state index in [4.69, 9.17) is 9.47 Å². The Morgan fingerprint density at radius 1 is 1.18 bits per heavy atom. The second-order valence-corrected chi connectivity index (χ2v) is 10.3. The van der Waals surface area contributed by atoms with Crippen molar-refractivity contribution in [1.82, 2.24) is 14.7 Å². The predicted octanol–water partition coefficient (Wildman–Crippen LogP) is 3.75. The molecule has 180 valence electrons. The average Bonchev–Trinajstić information content (AvgIpc) is 3.42. The third-order valence-electron chi connectivity index (χ3n) is 7.49. The Morgan fingerprint density at radius 3 is 2.61 bits per heavy atom. The lowest BCUT2D eigenvalue weighted by molar-refractivity contribution is -0.129. The van der Waals surface area contributed by atoms with Crippen LogP contribution in [0.2, 0.25) is 0 Å². The molecule has 2 bridgehead atoms. The van der Waals surface area contributed by atoms with E-state index in [1.807, 2.05) is 19.3 Å². The molecule has 6 nitrogen and oxygen atoms in total. The Morgan fingerprint density at radius 2 is 1.97 bits per heavy atom. The molecule has 4 rings (SSSR count). The van der Waals surface area contributed by atoms with Gasteiger partial charge >= 0.3 is 0 Å². The molecule has 1 aromatic rings. The summed E-state index contributed by atoms with van der Waals surface area (Å²) in [6.07, 6.45) is 9.27. The molecule has 3 heterocycles. The minimum atomic E-state index is 0.169. The highest BCUT2D eigenvalue weighted by Crippen LogP contribution is 2.39. The number of hydrogen-bond acceptors (Lipinski definition) is 6. The molecule has 1 amide bonds. The predicted molar refractivity (Wildman–Crippen MR) is 135 cm³/mol. The van der Waals surface area contributed by atoms with Gasteiger partial charge in [0.05, 0.1) is 17.6 Å². The monoisotopic (exact) mass is 471 g/mol. The summed E-state index contributed by atoms with van der Waals surface area (Å²) in [5.74, 6) is 1.10. The molecule has 2 saturated heterocycles. The molecule has 0 spiro atoms. The van der Waals surface area contributed by atoms with Crippen molar-refractivity contribution in [3.05, 3.63) is 52.7 Å². The smallest absolute Gasteiger partial charge is 0.255 e. The molecule has 1 unspecified atom stereocenters. The van der Waals surface area contributed by atoms with Gasteiger partial charge in [-0.2, -0.15) is 0 Å². The van der Waals surface area contributed by atoms with Crippen LogP contribution in [-0.4, -0.2) is 84.8 Å². The van der Waals surface area contributed by atoms with E-state index in [2.05, 4.69) is 59.9 Å². The van der Waals surface area contributed by atoms with Crippen LogP contribution in [0.15, 0.2) is 36.1 Å². The third-order valence-corrected chi connectivity index (χ3v) is 8.46. The number of benzene rings is 1. The number of likely N-dealkylation sites (N-methyl/N-ethyl adjacent to an activating group) is 1. The number of likely N-dealkylation sites (tertiary alicyclic amines) is 2. The summed E-state index contributed by atoms with van der Waals surface area (Å²) in [5.41, 5.74) is 4.63. The van der Waals surface area contributed by atoms with Crippen molar-refractivity contribution in [2.24, 2.45) is 0 Å². The van der Waals surface area contributed by atoms with Crippen LogP contribution in [0.1, 0.15) is 36.1 Å². The highest BCUT2D eigenvalue weighted by Gasteiger charge is 2.47. The van der Waals surface area contributed by atoms with Gasteiger partial charge in [-0.3, -0.25) is 9.69 Å². The SMILES string of the molecule is COCCOc1ccc([C@H](C)N2C[C@@H]3C[C@H]2CN3C(=O)C2=CN(C)C(SC)C=C2)c(C)c1C. The second-order valence-electron chi connectivity index (χ2n) is 9.35. The van der Waals surface area contributed by atoms with Gasteiger partial charge < -0.3 is 19.3 Å². The van der Waals surface area contributed by atoms with E-state index in [1.165, 1.54) is 16.7 Å². The zero-order valence-electron chi connectivity index (χ0n) is 20.7. The van der Waals surface area contributed by atoms with Crippen molar-refractivity contribution in [2.45, 2.75) is 50.7 Å². The fourth-order valence-electron chi connectivity index (χ4n) is 5.45. The lowest BCUT2D eigenvalue weighted by Crippen LogP contribution is -2.50. The molecular weight excluding hydrogens is 434 g/mol. The number of ether oxygens (including phenoxy) is 2. The normalized spacial score (nSPS) is 25.5. The maximum absolute atomic E-state index is 13.3. The van der Waals surface area contributed by atoms with Crippen molar-refractivity contribution in [3.63, 3.8) is 0 Å². The number of rotatable bonds is 8. The zero-order chi connectivity index (χ0) is 23.7. The number of fused-ring (bicyclic) bond motifs is 2. The maximum Gasteiger partial charge on any atom is 0.255 e. The molecule has 0 aliphatic carbocycles. The van der Waals surface area contributed by atoms with Gasteiger partial charge in [0.1, 0.15) is 12.4 Å². The topological polar surface area (TPSA) is 45.3 Å². The Hall–Kier alpha value is -1.96. The number of hydrogen-bond donors (Lipinski definition) is 0. The fraction of sp³-hybridized carbons (Fsp3) is 0.577. The molecule has 4 atom stereocenters. The maximum atomic E-state index is 13.3. The highest BCUT2D eigenvalue weighted by atomic mass is 32.2. The molecule has 1 aromatic carbocycles. The minimum absolute atomic E-state index is 0.169. The summed E-state index contributed by atoms with van der Waals surface area (Å²) in [6, 6.07) is 5.32. The first-order chi connectivity index (χ1) is 15.8. The number of carbonyl (C=O) groups is 1. The van der Waals surface area contributed by atoms with Crippen LogP contribution in [0, 0.1) is 13.8 Å². The summed E-state index contributed by atoms with van der Waals surface area (Å²) in [4.78, 5) is 20.1. The van der Waals surface area contributed by atoms with Gasteiger partial charge in [0.15, 0.2) is 0 Å². The zero-order valence-corrected chi connectivity index (χ0v) is 21.5. The van der Waals surface area contributed by atoms with E-state index in [9.17, 15) is 4.79 Å². The van der Waals surface area contributed by atoms with E-state index in [1.54, 1.807) is 18.9 Å². The summed E-state index contributed by atoms with van der Waals surface area (Å²) in [5, 5.41) is 0.302. The van der Waals surface area contributed by atoms with Crippen LogP contribution in [0.4, 0.5) is 0 Å². The number of carbonyl (C=O) groups excluding carboxylic acids is 1. The number of amides is 1. The summed E-state index contributed by atoms with van der Waals surface area (Å²) >= 11 is 1.77. The van der Waals surface area contributed by atoms with Crippen molar-refractivity contribution < 1.29 is 14.3 Å². The molecule has 0 saturated carbocycles. The molecule has 3 aliphatic heterocycles. The van der Waals surface area contributed by atoms with Crippen molar-refractivity contribution in [2.75, 3.05) is 46.7 Å². The van der Waals surface area contributed by atoms with Crippen LogP contribution < -0.4 is 4.74 Å². The van der Waals surface area contributed by atoms with Gasteiger partial charge in [-0.25, -0.2) is 0 Å². The first kappa shape index (κ1) is 24.2. The van der Waals surface area contributed by atoms with E-state index in [0.29, 0.717) is 36.7 Å². The standard InChI is InChI=1S/C26H37N3O3S/c1-17-18(2)24(32-12-11-31-5)9-8-23(17)19(3)28-15-22-13-21(28)16-29(22)26(30)20-7-10-25(33-6)27(4)14-20/h7-10,14,19,21-22,25H,11-13,15-16H2,1-6H3/t19-,21-,22-,25?/m0/s1. The molecule has 2 fully saturated rings. The molecule has 3 aliphatic rings.